The molecule has 2 N–H and O–H groups in total. The second-order valence-electron chi connectivity index (χ2n) is 7.76. The van der Waals surface area contributed by atoms with Crippen molar-refractivity contribution in [2.24, 2.45) is 4.99 Å². The van der Waals surface area contributed by atoms with Crippen molar-refractivity contribution in [3.63, 3.8) is 0 Å². The van der Waals surface area contributed by atoms with Gasteiger partial charge in [0.05, 0.1) is 25.8 Å². The third kappa shape index (κ3) is 3.69. The topological polar surface area (TPSA) is 130 Å². The van der Waals surface area contributed by atoms with Crippen LogP contribution in [0, 0.1) is 5.82 Å². The Bertz CT molecular complexity index is 1250. The Labute approximate surface area is 193 Å². The van der Waals surface area contributed by atoms with E-state index in [1.165, 1.54) is 37.4 Å². The van der Waals surface area contributed by atoms with E-state index in [9.17, 15) is 23.6 Å². The van der Waals surface area contributed by atoms with Crippen LogP contribution in [-0.2, 0) is 33.0 Å². The third-order valence-corrected chi connectivity index (χ3v) is 5.91. The summed E-state index contributed by atoms with van der Waals surface area (Å²) in [5, 5.41) is 4.99. The number of carbonyl (C=O) groups is 4. The van der Waals surface area contributed by atoms with Crippen molar-refractivity contribution < 1.29 is 32.7 Å². The van der Waals surface area contributed by atoms with Crippen LogP contribution in [-0.4, -0.2) is 56.3 Å². The van der Waals surface area contributed by atoms with Crippen molar-refractivity contribution in [2.75, 3.05) is 20.7 Å². The minimum absolute atomic E-state index is 0.0345. The van der Waals surface area contributed by atoms with Crippen LogP contribution in [0.2, 0.25) is 0 Å². The molecule has 11 heteroatoms. The average molecular weight is 468 g/mol. The number of ether oxygens (including phenoxy) is 1. The molecule has 0 fully saturated rings. The Kier molecular flexibility index (Phi) is 6.12. The lowest BCUT2D eigenvalue weighted by Crippen LogP contribution is -2.59. The number of amides is 3. The van der Waals surface area contributed by atoms with Gasteiger partial charge in [0.15, 0.2) is 23.4 Å². The zero-order valence-corrected chi connectivity index (χ0v) is 18.4. The van der Waals surface area contributed by atoms with E-state index in [2.05, 4.69) is 15.6 Å². The summed E-state index contributed by atoms with van der Waals surface area (Å²) in [4.78, 5) is 54.0. The maximum Gasteiger partial charge on any atom is 0.257 e. The molecule has 0 saturated heterocycles. The van der Waals surface area contributed by atoms with Crippen molar-refractivity contribution in [3.05, 3.63) is 57.8 Å². The molecule has 0 saturated carbocycles. The standard InChI is InChI=1S/C23H21FN4O6/c1-25-23(22(32)27-12-30,18-6-15-8-26-7-13(10-29)5-17(15)34-18)11-28-9-14-3-4-16(33-2)20(24)19(14)21(28)31/h3-7,10,12,25H,8-9,11H2,1-2H3,(H,27,30,32)/t23-/m0/s1. The van der Waals surface area contributed by atoms with Crippen LogP contribution in [0.1, 0.15) is 33.0 Å². The number of halogens is 1. The van der Waals surface area contributed by atoms with Crippen LogP contribution in [0.15, 0.2) is 33.2 Å². The predicted octanol–water partition coefficient (Wildman–Crippen LogP) is 0.937. The number of nitrogens with one attached hydrogen (secondary N) is 2. The van der Waals surface area contributed by atoms with Crippen molar-refractivity contribution >= 4 is 36.8 Å². The molecular weight excluding hydrogens is 447 g/mol. The van der Waals surface area contributed by atoms with Gasteiger partial charge in [-0.1, -0.05) is 6.07 Å². The van der Waals surface area contributed by atoms with Gasteiger partial charge in [-0.25, -0.2) is 4.39 Å². The number of nitrogens with zero attached hydrogens (tertiary/aromatic N) is 2. The lowest BCUT2D eigenvalue weighted by molar-refractivity contribution is -0.132. The molecule has 2 aliphatic rings. The number of fused-ring (bicyclic) bond motifs is 2. The fourth-order valence-corrected chi connectivity index (χ4v) is 4.12. The first-order valence-corrected chi connectivity index (χ1v) is 10.3. The molecule has 176 valence electrons. The van der Waals surface area contributed by atoms with Crippen LogP contribution in [0.25, 0.3) is 6.08 Å². The highest BCUT2D eigenvalue weighted by Crippen LogP contribution is 2.35. The number of aldehydes is 1. The summed E-state index contributed by atoms with van der Waals surface area (Å²) >= 11 is 0. The molecule has 0 unspecified atom stereocenters. The molecule has 3 heterocycles. The number of hydrogen-bond donors (Lipinski definition) is 2. The summed E-state index contributed by atoms with van der Waals surface area (Å²) in [5.41, 5.74) is -0.518. The fraction of sp³-hybridized carbons (Fsp3) is 0.261. The molecule has 2 aliphatic heterocycles. The van der Waals surface area contributed by atoms with Crippen molar-refractivity contribution in [1.82, 2.24) is 15.5 Å². The molecule has 0 radical (unpaired) electrons. The molecule has 1 atom stereocenters. The summed E-state index contributed by atoms with van der Waals surface area (Å²) < 4.78 is 25.7. The number of likely N-dealkylation sites (N-methyl/N-ethyl adjacent to an activating group) is 1. The molecule has 10 nitrogen and oxygen atoms in total. The molecular formula is C23H21FN4O6. The number of hydrogen-bond acceptors (Lipinski definition) is 8. The monoisotopic (exact) mass is 468 g/mol. The summed E-state index contributed by atoms with van der Waals surface area (Å²) in [6.07, 6.45) is 3.74. The van der Waals surface area contributed by atoms with Gasteiger partial charge in [-0.2, -0.15) is 0 Å². The van der Waals surface area contributed by atoms with E-state index < -0.39 is 23.2 Å². The molecule has 0 bridgehead atoms. The zero-order chi connectivity index (χ0) is 24.5. The van der Waals surface area contributed by atoms with E-state index in [0.29, 0.717) is 23.2 Å². The minimum Gasteiger partial charge on any atom is -0.494 e. The molecule has 34 heavy (non-hydrogen) atoms. The van der Waals surface area contributed by atoms with Crippen LogP contribution in [0.5, 0.6) is 5.75 Å². The van der Waals surface area contributed by atoms with E-state index in [1.54, 1.807) is 12.1 Å². The molecule has 1 aromatic heterocycles. The Hall–Kier alpha value is -4.12. The Morgan fingerprint density at radius 1 is 1.35 bits per heavy atom. The lowest BCUT2D eigenvalue weighted by atomic mass is 9.93. The number of carbonyl (C=O) groups excluding carboxylic acids is 4. The molecule has 3 amide bonds. The number of allylic oxidation sites excluding steroid dienone is 1. The minimum atomic E-state index is -1.70. The molecule has 2 aromatic rings. The molecule has 1 aromatic carbocycles. The largest absolute Gasteiger partial charge is 0.494 e. The predicted molar refractivity (Wildman–Crippen MR) is 118 cm³/mol. The Morgan fingerprint density at radius 3 is 2.82 bits per heavy atom. The van der Waals surface area contributed by atoms with E-state index >= 15 is 0 Å². The number of rotatable bonds is 8. The summed E-state index contributed by atoms with van der Waals surface area (Å²) in [6, 6.07) is 4.59. The number of aliphatic imine (C=N–C) groups is 1. The summed E-state index contributed by atoms with van der Waals surface area (Å²) in [6.45, 7) is -0.0496. The number of furan rings is 1. The lowest BCUT2D eigenvalue weighted by Gasteiger charge is -2.33. The first-order chi connectivity index (χ1) is 16.4. The van der Waals surface area contributed by atoms with Gasteiger partial charge < -0.3 is 14.1 Å². The van der Waals surface area contributed by atoms with E-state index in [0.717, 1.165) is 0 Å². The van der Waals surface area contributed by atoms with Crippen molar-refractivity contribution in [2.45, 2.75) is 18.6 Å². The van der Waals surface area contributed by atoms with Gasteiger partial charge in [0.25, 0.3) is 11.8 Å². The number of benzene rings is 1. The average Bonchev–Trinajstić information content (AvgIpc) is 3.31. The van der Waals surface area contributed by atoms with Gasteiger partial charge in [0.2, 0.25) is 6.41 Å². The van der Waals surface area contributed by atoms with Gasteiger partial charge in [-0.3, -0.25) is 34.8 Å². The van der Waals surface area contributed by atoms with Gasteiger partial charge in [0, 0.05) is 23.9 Å². The third-order valence-electron chi connectivity index (χ3n) is 5.91. The number of methoxy groups -OCH3 is 1. The maximum absolute atomic E-state index is 14.8. The van der Waals surface area contributed by atoms with E-state index in [1.807, 2.05) is 0 Å². The maximum atomic E-state index is 14.8. The van der Waals surface area contributed by atoms with Crippen LogP contribution in [0.4, 0.5) is 4.39 Å². The first kappa shape index (κ1) is 23.1. The summed E-state index contributed by atoms with van der Waals surface area (Å²) in [7, 11) is 2.77. The molecule has 4 rings (SSSR count). The fourth-order valence-electron chi connectivity index (χ4n) is 4.12. The Morgan fingerprint density at radius 2 is 2.15 bits per heavy atom. The molecule has 0 aliphatic carbocycles. The van der Waals surface area contributed by atoms with E-state index in [4.69, 9.17) is 9.15 Å². The smallest absolute Gasteiger partial charge is 0.257 e. The van der Waals surface area contributed by atoms with Gasteiger partial charge in [0.1, 0.15) is 11.5 Å². The highest BCUT2D eigenvalue weighted by atomic mass is 19.1. The molecule has 0 spiro atoms. The first-order valence-electron chi connectivity index (χ1n) is 10.3. The number of imide groups is 1. The highest BCUT2D eigenvalue weighted by molar-refractivity contribution is 6.07. The normalized spacial score (nSPS) is 16.1. The van der Waals surface area contributed by atoms with Crippen molar-refractivity contribution in [1.29, 1.82) is 0 Å². The SMILES string of the molecule is CN[C@](CN1Cc2ccc(OC)c(F)c2C1=O)(C(=O)NC=O)c1cc2c(o1)C=C(C=O)C=NC2. The summed E-state index contributed by atoms with van der Waals surface area (Å²) in [5.74, 6) is -1.85. The van der Waals surface area contributed by atoms with Crippen molar-refractivity contribution in [3.8, 4) is 5.75 Å². The van der Waals surface area contributed by atoms with Crippen LogP contribution < -0.4 is 15.4 Å². The van der Waals surface area contributed by atoms with Gasteiger partial charge >= 0.3 is 0 Å². The Balaban J connectivity index is 1.76. The van der Waals surface area contributed by atoms with Gasteiger partial charge in [-0.05, 0) is 30.8 Å². The second kappa shape index (κ2) is 9.02. The van der Waals surface area contributed by atoms with E-state index in [-0.39, 0.29) is 48.7 Å². The second-order valence-corrected chi connectivity index (χ2v) is 7.76. The van der Waals surface area contributed by atoms with Gasteiger partial charge in [-0.15, -0.1) is 0 Å². The van der Waals surface area contributed by atoms with Crippen LogP contribution in [0.3, 0.4) is 0 Å². The highest BCUT2D eigenvalue weighted by Gasteiger charge is 2.47. The van der Waals surface area contributed by atoms with Crippen LogP contribution >= 0.6 is 0 Å². The quantitative estimate of drug-likeness (QED) is 0.552. The zero-order valence-electron chi connectivity index (χ0n) is 18.4.